The molecule has 3 N–H and O–H groups in total. The van der Waals surface area contributed by atoms with Gasteiger partial charge in [0.2, 0.25) is 5.91 Å². The van der Waals surface area contributed by atoms with Crippen LogP contribution in [-0.2, 0) is 17.6 Å². The van der Waals surface area contributed by atoms with Gasteiger partial charge in [0.05, 0.1) is 5.56 Å². The number of aryl methyl sites for hydroxylation is 1. The van der Waals surface area contributed by atoms with Crippen molar-refractivity contribution >= 4 is 28.2 Å². The average Bonchev–Trinajstić information content (AvgIpc) is 2.73. The molecule has 0 saturated heterocycles. The van der Waals surface area contributed by atoms with Crippen LogP contribution >= 0.6 is 11.3 Å². The molecular formula is C15H22N2O2S. The van der Waals surface area contributed by atoms with E-state index in [4.69, 9.17) is 5.73 Å². The van der Waals surface area contributed by atoms with E-state index in [1.807, 2.05) is 6.92 Å². The Morgan fingerprint density at radius 1 is 1.45 bits per heavy atom. The molecule has 1 atom stereocenters. The van der Waals surface area contributed by atoms with E-state index in [0.717, 1.165) is 37.7 Å². The van der Waals surface area contributed by atoms with Gasteiger partial charge in [-0.1, -0.05) is 20.3 Å². The normalized spacial score (nSPS) is 17.6. The summed E-state index contributed by atoms with van der Waals surface area (Å²) in [6, 6.07) is 0. The van der Waals surface area contributed by atoms with Crippen LogP contribution in [0.4, 0.5) is 5.00 Å². The largest absolute Gasteiger partial charge is 0.365 e. The summed E-state index contributed by atoms with van der Waals surface area (Å²) in [7, 11) is 0. The molecule has 1 aromatic rings. The number of primary amides is 1. The minimum atomic E-state index is -0.428. The fourth-order valence-electron chi connectivity index (χ4n) is 2.63. The van der Waals surface area contributed by atoms with Crippen molar-refractivity contribution < 1.29 is 9.59 Å². The Bertz CT molecular complexity index is 522. The lowest BCUT2D eigenvalue weighted by Crippen LogP contribution is -2.19. The summed E-state index contributed by atoms with van der Waals surface area (Å²) in [6.07, 6.45) is 5.33. The summed E-state index contributed by atoms with van der Waals surface area (Å²) in [5, 5.41) is 3.53. The van der Waals surface area contributed by atoms with Gasteiger partial charge in [0.15, 0.2) is 0 Å². The summed E-state index contributed by atoms with van der Waals surface area (Å²) in [5.74, 6) is 0.113. The van der Waals surface area contributed by atoms with Crippen LogP contribution in [0.15, 0.2) is 0 Å². The van der Waals surface area contributed by atoms with Crippen molar-refractivity contribution in [1.29, 1.82) is 0 Å². The van der Waals surface area contributed by atoms with Crippen LogP contribution in [0.5, 0.6) is 0 Å². The summed E-state index contributed by atoms with van der Waals surface area (Å²) in [5.41, 5.74) is 7.13. The first-order valence-corrected chi connectivity index (χ1v) is 8.08. The molecule has 1 aromatic heterocycles. The molecule has 0 radical (unpaired) electrons. The molecule has 0 aromatic carbocycles. The Kier molecular flexibility index (Phi) is 4.81. The van der Waals surface area contributed by atoms with E-state index in [9.17, 15) is 9.59 Å². The van der Waals surface area contributed by atoms with Gasteiger partial charge < -0.3 is 11.1 Å². The van der Waals surface area contributed by atoms with E-state index in [1.54, 1.807) is 0 Å². The predicted octanol–water partition coefficient (Wildman–Crippen LogP) is 3.10. The molecule has 4 nitrogen and oxygen atoms in total. The van der Waals surface area contributed by atoms with E-state index < -0.39 is 5.91 Å². The second kappa shape index (κ2) is 6.39. The topological polar surface area (TPSA) is 72.2 Å². The highest BCUT2D eigenvalue weighted by molar-refractivity contribution is 7.17. The Morgan fingerprint density at radius 2 is 2.20 bits per heavy atom. The molecule has 2 rings (SSSR count). The fourth-order valence-corrected chi connectivity index (χ4v) is 3.90. The highest BCUT2D eigenvalue weighted by atomic mass is 32.1. The van der Waals surface area contributed by atoms with Crippen LogP contribution in [0.25, 0.3) is 0 Å². The van der Waals surface area contributed by atoms with Crippen molar-refractivity contribution in [1.82, 2.24) is 0 Å². The first-order valence-electron chi connectivity index (χ1n) is 7.27. The molecule has 0 saturated carbocycles. The minimum Gasteiger partial charge on any atom is -0.365 e. The van der Waals surface area contributed by atoms with Crippen molar-refractivity contribution in [3.63, 3.8) is 0 Å². The first kappa shape index (κ1) is 15.0. The zero-order chi connectivity index (χ0) is 14.7. The number of carbonyl (C=O) groups excluding carboxylic acids is 2. The number of anilines is 1. The fraction of sp³-hybridized carbons (Fsp3) is 0.600. The van der Waals surface area contributed by atoms with E-state index >= 15 is 0 Å². The molecule has 20 heavy (non-hydrogen) atoms. The van der Waals surface area contributed by atoms with Gasteiger partial charge >= 0.3 is 0 Å². The number of nitrogens with two attached hydrogens (primary N) is 1. The Labute approximate surface area is 123 Å². The summed E-state index contributed by atoms with van der Waals surface area (Å²) < 4.78 is 0. The molecule has 0 spiro atoms. The minimum absolute atomic E-state index is 0.0269. The van der Waals surface area contributed by atoms with Gasteiger partial charge in [-0.2, -0.15) is 0 Å². The second-order valence-corrected chi connectivity index (χ2v) is 6.68. The second-order valence-electron chi connectivity index (χ2n) is 5.57. The molecule has 0 aliphatic heterocycles. The quantitative estimate of drug-likeness (QED) is 0.876. The number of unbranched alkanes of at least 4 members (excludes halogenated alkanes) is 1. The third-order valence-corrected chi connectivity index (χ3v) is 4.97. The molecule has 5 heteroatoms. The molecule has 1 heterocycles. The molecule has 0 fully saturated rings. The summed E-state index contributed by atoms with van der Waals surface area (Å²) in [6.45, 7) is 4.23. The maximum absolute atomic E-state index is 11.9. The third-order valence-electron chi connectivity index (χ3n) is 3.76. The van der Waals surface area contributed by atoms with E-state index in [2.05, 4.69) is 12.2 Å². The zero-order valence-electron chi connectivity index (χ0n) is 12.1. The Balaban J connectivity index is 2.24. The van der Waals surface area contributed by atoms with Gasteiger partial charge in [-0.05, 0) is 37.2 Å². The van der Waals surface area contributed by atoms with Gasteiger partial charge in [-0.3, -0.25) is 9.59 Å². The van der Waals surface area contributed by atoms with E-state index in [-0.39, 0.29) is 5.91 Å². The number of hydrogen-bond donors (Lipinski definition) is 2. The SMILES string of the molecule is CCCCC(=O)Nc1sc2c(c1C(N)=O)C[C@@H](C)CC2. The Hall–Kier alpha value is -1.36. The Morgan fingerprint density at radius 3 is 2.85 bits per heavy atom. The molecule has 1 aliphatic rings. The van der Waals surface area contributed by atoms with Crippen LogP contribution in [0.3, 0.4) is 0 Å². The third kappa shape index (κ3) is 3.20. The number of rotatable bonds is 5. The van der Waals surface area contributed by atoms with Crippen LogP contribution in [0, 0.1) is 5.92 Å². The average molecular weight is 294 g/mol. The van der Waals surface area contributed by atoms with E-state index in [0.29, 0.717) is 22.9 Å². The number of thiophene rings is 1. The lowest BCUT2D eigenvalue weighted by molar-refractivity contribution is -0.116. The zero-order valence-corrected chi connectivity index (χ0v) is 12.9. The van der Waals surface area contributed by atoms with Gasteiger partial charge in [-0.25, -0.2) is 0 Å². The van der Waals surface area contributed by atoms with Crippen molar-refractivity contribution in [2.45, 2.75) is 52.4 Å². The van der Waals surface area contributed by atoms with Gasteiger partial charge in [-0.15, -0.1) is 11.3 Å². The molecule has 0 unspecified atom stereocenters. The van der Waals surface area contributed by atoms with Crippen molar-refractivity contribution in [2.75, 3.05) is 5.32 Å². The number of hydrogen-bond acceptors (Lipinski definition) is 3. The summed E-state index contributed by atoms with van der Waals surface area (Å²) in [4.78, 5) is 24.8. The van der Waals surface area contributed by atoms with Gasteiger partial charge in [0.25, 0.3) is 5.91 Å². The molecule has 2 amide bonds. The highest BCUT2D eigenvalue weighted by Gasteiger charge is 2.27. The number of nitrogens with one attached hydrogen (secondary N) is 1. The standard InChI is InChI=1S/C15H22N2O2S/c1-3-4-5-12(18)17-15-13(14(16)19)10-8-9(2)6-7-11(10)20-15/h9H,3-8H2,1-2H3,(H2,16,19)(H,17,18)/t9-/m0/s1. The van der Waals surface area contributed by atoms with E-state index in [1.165, 1.54) is 16.2 Å². The number of amides is 2. The maximum Gasteiger partial charge on any atom is 0.251 e. The monoisotopic (exact) mass is 294 g/mol. The van der Waals surface area contributed by atoms with Gasteiger partial charge in [0.1, 0.15) is 5.00 Å². The molecule has 110 valence electrons. The molecular weight excluding hydrogens is 272 g/mol. The predicted molar refractivity (Wildman–Crippen MR) is 82.2 cm³/mol. The van der Waals surface area contributed by atoms with Crippen LogP contribution in [0.1, 0.15) is 60.3 Å². The summed E-state index contributed by atoms with van der Waals surface area (Å²) >= 11 is 1.52. The van der Waals surface area contributed by atoms with Gasteiger partial charge in [0, 0.05) is 11.3 Å². The lowest BCUT2D eigenvalue weighted by Gasteiger charge is -2.18. The number of carbonyl (C=O) groups is 2. The van der Waals surface area contributed by atoms with Crippen LogP contribution in [-0.4, -0.2) is 11.8 Å². The smallest absolute Gasteiger partial charge is 0.251 e. The van der Waals surface area contributed by atoms with Crippen molar-refractivity contribution in [3.05, 3.63) is 16.0 Å². The highest BCUT2D eigenvalue weighted by Crippen LogP contribution is 2.39. The van der Waals surface area contributed by atoms with Crippen LogP contribution in [0.2, 0.25) is 0 Å². The molecule has 1 aliphatic carbocycles. The molecule has 0 bridgehead atoms. The van der Waals surface area contributed by atoms with Crippen molar-refractivity contribution in [2.24, 2.45) is 11.7 Å². The van der Waals surface area contributed by atoms with Crippen molar-refractivity contribution in [3.8, 4) is 0 Å². The van der Waals surface area contributed by atoms with Crippen LogP contribution < -0.4 is 11.1 Å². The number of fused-ring (bicyclic) bond motifs is 1. The maximum atomic E-state index is 11.9. The first-order chi connectivity index (χ1) is 9.52. The lowest BCUT2D eigenvalue weighted by atomic mass is 9.87.